The van der Waals surface area contributed by atoms with Gasteiger partial charge in [0.2, 0.25) is 0 Å². The molecular formula is C21H22ClNO4S. The molecule has 1 saturated heterocycles. The van der Waals surface area contributed by atoms with Crippen molar-refractivity contribution in [3.05, 3.63) is 64.2 Å². The number of ketones is 1. The van der Waals surface area contributed by atoms with Crippen molar-refractivity contribution in [3.8, 4) is 0 Å². The predicted octanol–water partition coefficient (Wildman–Crippen LogP) is 3.62. The van der Waals surface area contributed by atoms with E-state index >= 15 is 0 Å². The number of aryl methyl sites for hydroxylation is 1. The van der Waals surface area contributed by atoms with Crippen molar-refractivity contribution in [3.63, 3.8) is 0 Å². The maximum absolute atomic E-state index is 12.7. The summed E-state index contributed by atoms with van der Waals surface area (Å²) in [6, 6.07) is 12.4. The number of halogens is 1. The topological polar surface area (TPSA) is 86.6 Å². The van der Waals surface area contributed by atoms with E-state index in [-0.39, 0.29) is 40.6 Å². The highest BCUT2D eigenvalue weighted by Crippen LogP contribution is 2.41. The maximum Gasteiger partial charge on any atom is 0.257 e. The van der Waals surface area contributed by atoms with Crippen molar-refractivity contribution in [1.29, 1.82) is 0 Å². The fraction of sp³-hybridized carbons (Fsp3) is 0.333. The van der Waals surface area contributed by atoms with E-state index in [0.29, 0.717) is 11.3 Å². The summed E-state index contributed by atoms with van der Waals surface area (Å²) in [6.07, 6.45) is 0.0227. The number of hydrogen-bond donors (Lipinski definition) is 3. The molecule has 2 aromatic carbocycles. The van der Waals surface area contributed by atoms with E-state index in [1.165, 1.54) is 17.3 Å². The first-order chi connectivity index (χ1) is 13.4. The first kappa shape index (κ1) is 20.9. The first-order valence-corrected chi connectivity index (χ1v) is 10.4. The number of thioether (sulfide) groups is 1. The molecule has 0 aromatic heterocycles. The van der Waals surface area contributed by atoms with Gasteiger partial charge in [-0.3, -0.25) is 9.59 Å². The number of carbonyl (C=O) groups excluding carboxylic acids is 2. The van der Waals surface area contributed by atoms with Gasteiger partial charge >= 0.3 is 0 Å². The van der Waals surface area contributed by atoms with Gasteiger partial charge in [0.1, 0.15) is 6.10 Å². The van der Waals surface area contributed by atoms with Crippen molar-refractivity contribution in [1.82, 2.24) is 0 Å². The molecule has 0 unspecified atom stereocenters. The molecule has 3 N–H and O–H groups in total. The van der Waals surface area contributed by atoms with E-state index in [4.69, 9.17) is 11.6 Å². The smallest absolute Gasteiger partial charge is 0.257 e. The van der Waals surface area contributed by atoms with Crippen LogP contribution in [0.3, 0.4) is 0 Å². The van der Waals surface area contributed by atoms with E-state index in [0.717, 1.165) is 6.42 Å². The standard InChI is InChI=1S/C21H22ClNO4S/c1-2-12-3-6-14(7-4-12)23-21(27)16-9-13(5-8-17(16)22)20-19(26)18(25)10-15(11-24)28-20/h3-9,15,18,20,24-25H,2,10-11H2,1H3,(H,23,27)/t15-,18-,20-/m0/s1. The second-order valence-corrected chi connectivity index (χ2v) is 8.54. The Morgan fingerprint density at radius 1 is 1.25 bits per heavy atom. The number of Topliss-reactive ketones (excluding diaryl/α,β-unsaturated/α-hetero) is 1. The number of nitrogens with one attached hydrogen (secondary N) is 1. The van der Waals surface area contributed by atoms with Crippen LogP contribution in [-0.4, -0.2) is 39.9 Å². The van der Waals surface area contributed by atoms with Crippen molar-refractivity contribution < 1.29 is 19.8 Å². The molecule has 1 aliphatic heterocycles. The second-order valence-electron chi connectivity index (χ2n) is 6.72. The second kappa shape index (κ2) is 9.09. The third-order valence-electron chi connectivity index (χ3n) is 4.76. The van der Waals surface area contributed by atoms with Crippen LogP contribution in [0.1, 0.15) is 40.1 Å². The predicted molar refractivity (Wildman–Crippen MR) is 112 cm³/mol. The van der Waals surface area contributed by atoms with E-state index in [9.17, 15) is 19.8 Å². The molecule has 0 saturated carbocycles. The Kier molecular flexibility index (Phi) is 6.78. The van der Waals surface area contributed by atoms with Crippen LogP contribution in [0.4, 0.5) is 5.69 Å². The van der Waals surface area contributed by atoms with Gasteiger partial charge in [-0.1, -0.05) is 36.7 Å². The summed E-state index contributed by atoms with van der Waals surface area (Å²) in [6.45, 7) is 1.93. The molecule has 1 aliphatic rings. The minimum absolute atomic E-state index is 0.125. The summed E-state index contributed by atoms with van der Waals surface area (Å²) < 4.78 is 0. The zero-order valence-electron chi connectivity index (χ0n) is 15.4. The molecule has 0 radical (unpaired) electrons. The third-order valence-corrected chi connectivity index (χ3v) is 6.60. The van der Waals surface area contributed by atoms with E-state index in [1.807, 2.05) is 24.3 Å². The van der Waals surface area contributed by atoms with Crippen LogP contribution in [0.2, 0.25) is 5.02 Å². The zero-order chi connectivity index (χ0) is 20.3. The van der Waals surface area contributed by atoms with Gasteiger partial charge in [0.25, 0.3) is 5.91 Å². The SMILES string of the molecule is CCc1ccc(NC(=O)c2cc([C@@H]3S[C@H](CO)C[C@H](O)C3=O)ccc2Cl)cc1. The molecule has 28 heavy (non-hydrogen) atoms. The number of aliphatic hydroxyl groups excluding tert-OH is 2. The lowest BCUT2D eigenvalue weighted by molar-refractivity contribution is -0.127. The average Bonchev–Trinajstić information content (AvgIpc) is 2.71. The van der Waals surface area contributed by atoms with Gasteiger partial charge < -0.3 is 15.5 Å². The summed E-state index contributed by atoms with van der Waals surface area (Å²) in [7, 11) is 0. The number of anilines is 1. The van der Waals surface area contributed by atoms with E-state index in [2.05, 4.69) is 12.2 Å². The normalized spacial score (nSPS) is 22.1. The Morgan fingerprint density at radius 3 is 2.61 bits per heavy atom. The quantitative estimate of drug-likeness (QED) is 0.689. The minimum Gasteiger partial charge on any atom is -0.395 e. The minimum atomic E-state index is -1.12. The van der Waals surface area contributed by atoms with Crippen LogP contribution >= 0.6 is 23.4 Å². The molecule has 5 nitrogen and oxygen atoms in total. The third kappa shape index (κ3) is 4.58. The summed E-state index contributed by atoms with van der Waals surface area (Å²) in [5.41, 5.74) is 2.67. The number of rotatable bonds is 5. The van der Waals surface area contributed by atoms with Gasteiger partial charge in [0.05, 0.1) is 22.4 Å². The Balaban J connectivity index is 1.84. The fourth-order valence-corrected chi connectivity index (χ4v) is 4.68. The highest BCUT2D eigenvalue weighted by molar-refractivity contribution is 8.01. The summed E-state index contributed by atoms with van der Waals surface area (Å²) in [4.78, 5) is 25.1. The molecule has 0 bridgehead atoms. The molecule has 148 valence electrons. The number of benzene rings is 2. The molecular weight excluding hydrogens is 398 g/mol. The van der Waals surface area contributed by atoms with Gasteiger partial charge in [-0.25, -0.2) is 0 Å². The molecule has 2 aromatic rings. The molecule has 1 amide bonds. The van der Waals surface area contributed by atoms with E-state index < -0.39 is 11.4 Å². The van der Waals surface area contributed by atoms with Gasteiger partial charge in [-0.2, -0.15) is 0 Å². The number of amides is 1. The van der Waals surface area contributed by atoms with Gasteiger partial charge in [0.15, 0.2) is 5.78 Å². The molecule has 0 spiro atoms. The van der Waals surface area contributed by atoms with E-state index in [1.54, 1.807) is 18.2 Å². The fourth-order valence-electron chi connectivity index (χ4n) is 3.12. The van der Waals surface area contributed by atoms with Gasteiger partial charge in [-0.15, -0.1) is 11.8 Å². The molecule has 3 rings (SSSR count). The number of carbonyl (C=O) groups is 2. The number of aliphatic hydroxyl groups is 2. The van der Waals surface area contributed by atoms with Gasteiger partial charge in [-0.05, 0) is 48.2 Å². The lowest BCUT2D eigenvalue weighted by Gasteiger charge is -2.30. The van der Waals surface area contributed by atoms with Crippen molar-refractivity contribution >= 4 is 40.7 Å². The molecule has 7 heteroatoms. The largest absolute Gasteiger partial charge is 0.395 e. The summed E-state index contributed by atoms with van der Waals surface area (Å²) in [5.74, 6) is -0.692. The Labute approximate surface area is 173 Å². The van der Waals surface area contributed by atoms with Crippen LogP contribution in [0.15, 0.2) is 42.5 Å². The van der Waals surface area contributed by atoms with Crippen molar-refractivity contribution in [2.75, 3.05) is 11.9 Å². The molecule has 1 fully saturated rings. The zero-order valence-corrected chi connectivity index (χ0v) is 17.0. The molecule has 3 atom stereocenters. The highest BCUT2D eigenvalue weighted by Gasteiger charge is 2.37. The van der Waals surface area contributed by atoms with Crippen LogP contribution in [0.25, 0.3) is 0 Å². The van der Waals surface area contributed by atoms with Crippen molar-refractivity contribution in [2.24, 2.45) is 0 Å². The summed E-state index contributed by atoms with van der Waals surface area (Å²) >= 11 is 7.52. The Morgan fingerprint density at radius 2 is 1.96 bits per heavy atom. The Bertz CT molecular complexity index is 871. The summed E-state index contributed by atoms with van der Waals surface area (Å²) in [5, 5.41) is 21.6. The maximum atomic E-state index is 12.7. The molecule has 0 aliphatic carbocycles. The van der Waals surface area contributed by atoms with Crippen LogP contribution in [-0.2, 0) is 11.2 Å². The lowest BCUT2D eigenvalue weighted by Crippen LogP contribution is -2.36. The average molecular weight is 420 g/mol. The Hall–Kier alpha value is -1.86. The molecule has 1 heterocycles. The van der Waals surface area contributed by atoms with Crippen LogP contribution < -0.4 is 5.32 Å². The van der Waals surface area contributed by atoms with Crippen LogP contribution in [0.5, 0.6) is 0 Å². The highest BCUT2D eigenvalue weighted by atomic mass is 35.5. The monoisotopic (exact) mass is 419 g/mol. The van der Waals surface area contributed by atoms with Crippen molar-refractivity contribution in [2.45, 2.75) is 36.4 Å². The van der Waals surface area contributed by atoms with Crippen LogP contribution in [0, 0.1) is 0 Å². The number of hydrogen-bond acceptors (Lipinski definition) is 5. The van der Waals surface area contributed by atoms with Gasteiger partial charge in [0, 0.05) is 10.9 Å². The lowest BCUT2D eigenvalue weighted by atomic mass is 9.99. The first-order valence-electron chi connectivity index (χ1n) is 9.10.